The van der Waals surface area contributed by atoms with Gasteiger partial charge in [-0.3, -0.25) is 4.79 Å². The largest absolute Gasteiger partial charge is 0.511 e. The second-order valence-electron chi connectivity index (χ2n) is 10.2. The molecule has 2 saturated carbocycles. The van der Waals surface area contributed by atoms with Crippen molar-refractivity contribution in [1.82, 2.24) is 9.62 Å². The molecule has 2 fully saturated rings. The van der Waals surface area contributed by atoms with Gasteiger partial charge in [0.15, 0.2) is 5.84 Å². The molecule has 1 aromatic rings. The molecule has 0 aromatic carbocycles. The minimum atomic E-state index is -4.23. The highest BCUT2D eigenvalue weighted by molar-refractivity contribution is 7.91. The number of carbonyl (C=O) groups is 1. The number of aliphatic hydroxyl groups excluding tert-OH is 1. The minimum Gasteiger partial charge on any atom is -0.511 e. The third kappa shape index (κ3) is 4.94. The summed E-state index contributed by atoms with van der Waals surface area (Å²) in [5, 5.41) is 16.0. The van der Waals surface area contributed by atoms with Crippen LogP contribution in [-0.4, -0.2) is 57.4 Å². The average Bonchev–Trinajstić information content (AvgIpc) is 3.25. The fraction of sp³-hybridized carbons (Fsp3) is 0.652. The van der Waals surface area contributed by atoms with E-state index in [9.17, 15) is 26.7 Å². The molecule has 2 aliphatic heterocycles. The molecule has 198 valence electrons. The van der Waals surface area contributed by atoms with Crippen LogP contribution >= 0.6 is 11.3 Å². The van der Waals surface area contributed by atoms with Crippen molar-refractivity contribution >= 4 is 48.1 Å². The number of nitrogens with zero attached hydrogens (tertiary/aromatic N) is 2. The summed E-state index contributed by atoms with van der Waals surface area (Å²) in [5.74, 6) is -0.439. The van der Waals surface area contributed by atoms with Gasteiger partial charge in [-0.25, -0.2) is 13.1 Å². The van der Waals surface area contributed by atoms with Crippen LogP contribution in [0.25, 0.3) is 0 Å². The molecule has 2 atom stereocenters. The molecule has 0 spiro atoms. The Morgan fingerprint density at radius 2 is 1.86 bits per heavy atom. The predicted octanol–water partition coefficient (Wildman–Crippen LogP) is 3.10. The van der Waals surface area contributed by atoms with Crippen LogP contribution in [0, 0.1) is 11.8 Å². The highest BCUT2D eigenvalue weighted by atomic mass is 32.2. The molecule has 2 aliphatic carbocycles. The number of rotatable bonds is 6. The molecular formula is C23H32N4O6S3. The maximum atomic E-state index is 13.8. The molecule has 0 radical (unpaired) electrons. The Bertz CT molecular complexity index is 1330. The van der Waals surface area contributed by atoms with Gasteiger partial charge >= 0.3 is 0 Å². The van der Waals surface area contributed by atoms with Crippen molar-refractivity contribution in [2.75, 3.05) is 18.1 Å². The molecule has 13 heteroatoms. The van der Waals surface area contributed by atoms with Crippen molar-refractivity contribution in [3.63, 3.8) is 0 Å². The highest BCUT2D eigenvalue weighted by Gasteiger charge is 2.46. The van der Waals surface area contributed by atoms with E-state index in [1.165, 1.54) is 6.42 Å². The molecule has 1 aromatic heterocycles. The van der Waals surface area contributed by atoms with E-state index in [1.807, 2.05) is 4.90 Å². The van der Waals surface area contributed by atoms with Crippen molar-refractivity contribution < 1.29 is 26.7 Å². The molecule has 0 unspecified atom stereocenters. The van der Waals surface area contributed by atoms with Crippen LogP contribution in [0.1, 0.15) is 63.4 Å². The summed E-state index contributed by atoms with van der Waals surface area (Å²) in [4.78, 5) is 15.6. The Hall–Kier alpha value is -1.96. The number of amides is 1. The van der Waals surface area contributed by atoms with Gasteiger partial charge in [0, 0.05) is 30.6 Å². The first kappa shape index (κ1) is 25.7. The highest BCUT2D eigenvalue weighted by Crippen LogP contribution is 2.42. The van der Waals surface area contributed by atoms with Gasteiger partial charge in [-0.05, 0) is 37.0 Å². The number of thiophene rings is 1. The van der Waals surface area contributed by atoms with Gasteiger partial charge < -0.3 is 15.3 Å². The minimum absolute atomic E-state index is 0.0626. The van der Waals surface area contributed by atoms with Crippen LogP contribution in [-0.2, 0) is 31.4 Å². The maximum absolute atomic E-state index is 13.8. The Morgan fingerprint density at radius 3 is 2.58 bits per heavy atom. The molecular weight excluding hydrogens is 524 g/mol. The van der Waals surface area contributed by atoms with E-state index in [1.54, 1.807) is 5.38 Å². The maximum Gasteiger partial charge on any atom is 0.287 e. The summed E-state index contributed by atoms with van der Waals surface area (Å²) in [6.07, 6.45) is 10.2. The zero-order valence-corrected chi connectivity index (χ0v) is 22.6. The number of nitrogens with one attached hydrogen (secondary N) is 2. The van der Waals surface area contributed by atoms with Crippen molar-refractivity contribution in [2.24, 2.45) is 16.2 Å². The Labute approximate surface area is 216 Å². The summed E-state index contributed by atoms with van der Waals surface area (Å²) in [7, 11) is -7.75. The lowest BCUT2D eigenvalue weighted by molar-refractivity contribution is -0.133. The summed E-state index contributed by atoms with van der Waals surface area (Å²) in [6, 6.07) is -0.0799. The van der Waals surface area contributed by atoms with Crippen molar-refractivity contribution in [2.45, 2.75) is 75.3 Å². The number of hydrogen-bond acceptors (Lipinski definition) is 8. The fourth-order valence-corrected chi connectivity index (χ4v) is 8.99. The van der Waals surface area contributed by atoms with E-state index >= 15 is 0 Å². The molecule has 1 amide bonds. The van der Waals surface area contributed by atoms with Crippen LogP contribution in [0.5, 0.6) is 0 Å². The fourth-order valence-electron chi connectivity index (χ4n) is 5.97. The third-order valence-corrected chi connectivity index (χ3v) is 10.8. The number of aliphatic hydroxyl groups is 1. The summed E-state index contributed by atoms with van der Waals surface area (Å²) in [5.41, 5.74) is 0.211. The molecule has 10 nitrogen and oxygen atoms in total. The van der Waals surface area contributed by atoms with E-state index in [-0.39, 0.29) is 57.0 Å². The zero-order chi connectivity index (χ0) is 25.7. The Kier molecular flexibility index (Phi) is 6.94. The van der Waals surface area contributed by atoms with E-state index in [4.69, 9.17) is 0 Å². The lowest BCUT2D eigenvalue weighted by Gasteiger charge is -2.45. The first-order chi connectivity index (χ1) is 17.0. The summed E-state index contributed by atoms with van der Waals surface area (Å²) < 4.78 is 55.6. The lowest BCUT2D eigenvalue weighted by Crippen LogP contribution is -2.54. The zero-order valence-electron chi connectivity index (χ0n) is 20.2. The molecule has 5 rings (SSSR count). The number of anilines is 1. The average molecular weight is 557 g/mol. The Morgan fingerprint density at radius 1 is 1.17 bits per heavy atom. The van der Waals surface area contributed by atoms with Gasteiger partial charge in [0.2, 0.25) is 10.0 Å². The van der Waals surface area contributed by atoms with E-state index in [0.717, 1.165) is 69.0 Å². The number of amidine groups is 1. The quantitative estimate of drug-likeness (QED) is 0.488. The van der Waals surface area contributed by atoms with Crippen LogP contribution in [0.3, 0.4) is 0 Å². The smallest absolute Gasteiger partial charge is 0.287 e. The summed E-state index contributed by atoms with van der Waals surface area (Å²) in [6.45, 7) is 0.421. The van der Waals surface area contributed by atoms with Crippen LogP contribution < -0.4 is 10.0 Å². The number of carbonyl (C=O) groups excluding carboxylic acids is 1. The van der Waals surface area contributed by atoms with E-state index in [0.29, 0.717) is 12.5 Å². The van der Waals surface area contributed by atoms with E-state index in [2.05, 4.69) is 14.4 Å². The van der Waals surface area contributed by atoms with Gasteiger partial charge in [0.1, 0.15) is 21.2 Å². The summed E-state index contributed by atoms with van der Waals surface area (Å²) >= 11 is 1.09. The van der Waals surface area contributed by atoms with Gasteiger partial charge in [0.05, 0.1) is 6.26 Å². The standard InChI is InChI=1S/C23H32N4O6S3/c1-35(30,31)24-11-15-13-34-22-20(15)36(32,33)26-21(25-22)18-19(28)16-9-5-6-10-17(16)27(23(18)29)12-14-7-3-2-4-8-14/h13-14,16-17,24,28H,2-12H2,1H3,(H,25,26)/t16-,17+/m0/s1. The van der Waals surface area contributed by atoms with Gasteiger partial charge in [-0.2, -0.15) is 8.42 Å². The van der Waals surface area contributed by atoms with Crippen LogP contribution in [0.2, 0.25) is 0 Å². The molecule has 0 saturated heterocycles. The lowest BCUT2D eigenvalue weighted by atomic mass is 9.77. The SMILES string of the molecule is CS(=O)(=O)NCc1csc2c1S(=O)(=O)N=C(C1=C(O)[C@H]3CCCC[C@H]3N(CC3CCCCC3)C1=O)N2. The number of fused-ring (bicyclic) bond motifs is 2. The normalized spacial score (nSPS) is 26.8. The van der Waals surface area contributed by atoms with Crippen LogP contribution in [0.4, 0.5) is 5.00 Å². The molecule has 3 N–H and O–H groups in total. The monoisotopic (exact) mass is 556 g/mol. The van der Waals surface area contributed by atoms with Gasteiger partial charge in [-0.1, -0.05) is 32.1 Å². The molecule has 3 heterocycles. The van der Waals surface area contributed by atoms with Crippen LogP contribution in [0.15, 0.2) is 26.0 Å². The van der Waals surface area contributed by atoms with Crippen molar-refractivity contribution in [3.05, 3.63) is 22.3 Å². The first-order valence-electron chi connectivity index (χ1n) is 12.5. The second kappa shape index (κ2) is 9.73. The van der Waals surface area contributed by atoms with Gasteiger partial charge in [-0.15, -0.1) is 15.7 Å². The second-order valence-corrected chi connectivity index (χ2v) is 14.5. The number of hydrogen-bond donors (Lipinski definition) is 3. The first-order valence-corrected chi connectivity index (χ1v) is 16.7. The van der Waals surface area contributed by atoms with E-state index < -0.39 is 20.0 Å². The molecule has 0 bridgehead atoms. The number of sulfonamides is 2. The Balaban J connectivity index is 1.49. The third-order valence-electron chi connectivity index (χ3n) is 7.67. The van der Waals surface area contributed by atoms with Crippen molar-refractivity contribution in [3.8, 4) is 0 Å². The van der Waals surface area contributed by atoms with Crippen molar-refractivity contribution in [1.29, 1.82) is 0 Å². The predicted molar refractivity (Wildman–Crippen MR) is 138 cm³/mol. The van der Waals surface area contributed by atoms with Gasteiger partial charge in [0.25, 0.3) is 15.9 Å². The topological polar surface area (TPSA) is 145 Å². The molecule has 36 heavy (non-hydrogen) atoms. The molecule has 4 aliphatic rings.